The second kappa shape index (κ2) is 7.30. The van der Waals surface area contributed by atoms with Crippen molar-refractivity contribution in [2.24, 2.45) is 0 Å². The molecule has 1 N–H and O–H groups in total. The number of fused-ring (bicyclic) bond motifs is 1. The third-order valence-electron chi connectivity index (χ3n) is 5.30. The number of methoxy groups -OCH3 is 1. The highest BCUT2D eigenvalue weighted by Crippen LogP contribution is 2.39. The molecular formula is C19H24BrN3O2. The molecule has 5 nitrogen and oxygen atoms in total. The SMILES string of the molecule is COc1ccc(C2(O)C[n+]3cccnc3N2C2CCCCC2)cc1.[Br-]. The molecule has 4 rings (SSSR count). The zero-order valence-electron chi connectivity index (χ0n) is 14.4. The Hall–Kier alpha value is -1.66. The first-order chi connectivity index (χ1) is 11.7. The molecule has 1 fully saturated rings. The standard InChI is InChI=1S/C19H24N3O2.BrH/c1-24-17-10-8-15(9-11-17)19(23)14-21-13-5-12-20-18(21)22(19)16-6-3-2-4-7-16;/h5,8-13,16,23H,2-4,6-7,14H2,1H3;1H/q+1;/p-1. The Labute approximate surface area is 159 Å². The number of benzene rings is 1. The van der Waals surface area contributed by atoms with E-state index in [2.05, 4.69) is 14.5 Å². The van der Waals surface area contributed by atoms with E-state index in [4.69, 9.17) is 4.74 Å². The summed E-state index contributed by atoms with van der Waals surface area (Å²) in [6.07, 6.45) is 9.73. The van der Waals surface area contributed by atoms with Crippen molar-refractivity contribution in [3.8, 4) is 5.75 Å². The summed E-state index contributed by atoms with van der Waals surface area (Å²) >= 11 is 0. The Kier molecular flexibility index (Phi) is 5.29. The summed E-state index contributed by atoms with van der Waals surface area (Å²) in [4.78, 5) is 6.72. The summed E-state index contributed by atoms with van der Waals surface area (Å²) in [7, 11) is 1.66. The molecule has 2 aromatic rings. The molecule has 0 spiro atoms. The quantitative estimate of drug-likeness (QED) is 0.691. The lowest BCUT2D eigenvalue weighted by molar-refractivity contribution is -0.685. The van der Waals surface area contributed by atoms with Crippen LogP contribution in [0.4, 0.5) is 5.95 Å². The van der Waals surface area contributed by atoms with E-state index in [1.165, 1.54) is 19.3 Å². The Morgan fingerprint density at radius 3 is 2.60 bits per heavy atom. The predicted molar refractivity (Wildman–Crippen MR) is 90.7 cm³/mol. The van der Waals surface area contributed by atoms with Crippen molar-refractivity contribution < 1.29 is 31.4 Å². The van der Waals surface area contributed by atoms with Gasteiger partial charge in [0, 0.05) is 11.6 Å². The van der Waals surface area contributed by atoms with Crippen LogP contribution in [0.2, 0.25) is 0 Å². The number of halogens is 1. The molecule has 1 aromatic carbocycles. The van der Waals surface area contributed by atoms with Gasteiger partial charge < -0.3 is 26.8 Å². The van der Waals surface area contributed by atoms with Crippen LogP contribution in [0, 0.1) is 0 Å². The number of hydrogen-bond donors (Lipinski definition) is 1. The lowest BCUT2D eigenvalue weighted by atomic mass is 9.91. The molecule has 1 aliphatic carbocycles. The predicted octanol–water partition coefficient (Wildman–Crippen LogP) is -0.620. The van der Waals surface area contributed by atoms with Crippen LogP contribution in [0.3, 0.4) is 0 Å². The van der Waals surface area contributed by atoms with Gasteiger partial charge in [-0.15, -0.1) is 0 Å². The van der Waals surface area contributed by atoms with Gasteiger partial charge in [-0.05, 0) is 37.1 Å². The van der Waals surface area contributed by atoms with Gasteiger partial charge in [-0.2, -0.15) is 0 Å². The van der Waals surface area contributed by atoms with E-state index in [1.807, 2.05) is 36.5 Å². The smallest absolute Gasteiger partial charge is 0.397 e. The Morgan fingerprint density at radius 1 is 1.20 bits per heavy atom. The van der Waals surface area contributed by atoms with Crippen molar-refractivity contribution in [3.05, 3.63) is 48.3 Å². The van der Waals surface area contributed by atoms with Crippen molar-refractivity contribution in [2.75, 3.05) is 12.0 Å². The molecule has 134 valence electrons. The second-order valence-corrected chi connectivity index (χ2v) is 6.75. The number of aliphatic hydroxyl groups is 1. The molecule has 1 aliphatic heterocycles. The molecule has 1 atom stereocenters. The van der Waals surface area contributed by atoms with Crippen molar-refractivity contribution in [3.63, 3.8) is 0 Å². The lowest BCUT2D eigenvalue weighted by Crippen LogP contribution is -3.00. The van der Waals surface area contributed by atoms with Gasteiger partial charge in [-0.3, -0.25) is 0 Å². The van der Waals surface area contributed by atoms with E-state index in [-0.39, 0.29) is 17.0 Å². The monoisotopic (exact) mass is 405 g/mol. The molecule has 0 radical (unpaired) electrons. The van der Waals surface area contributed by atoms with Crippen LogP contribution in [-0.4, -0.2) is 23.2 Å². The molecule has 6 heteroatoms. The fourth-order valence-corrected chi connectivity index (χ4v) is 4.09. The number of nitrogens with zero attached hydrogens (tertiary/aromatic N) is 3. The number of anilines is 1. The number of rotatable bonds is 3. The van der Waals surface area contributed by atoms with Crippen LogP contribution in [0.5, 0.6) is 5.75 Å². The minimum absolute atomic E-state index is 0. The Bertz CT molecular complexity index is 719. The second-order valence-electron chi connectivity index (χ2n) is 6.75. The molecule has 2 aliphatic rings. The molecule has 0 bridgehead atoms. The van der Waals surface area contributed by atoms with Crippen LogP contribution in [-0.2, 0) is 12.3 Å². The molecule has 0 amide bonds. The average Bonchev–Trinajstić information content (AvgIpc) is 2.95. The topological polar surface area (TPSA) is 49.5 Å². The summed E-state index contributed by atoms with van der Waals surface area (Å²) in [5.41, 5.74) is -0.172. The van der Waals surface area contributed by atoms with Gasteiger partial charge in [0.2, 0.25) is 5.72 Å². The fraction of sp³-hybridized carbons (Fsp3) is 0.474. The number of hydrogen-bond acceptors (Lipinski definition) is 4. The van der Waals surface area contributed by atoms with Gasteiger partial charge in [-0.1, -0.05) is 24.2 Å². The normalized spacial score (nSPS) is 23.0. The van der Waals surface area contributed by atoms with E-state index in [9.17, 15) is 5.11 Å². The lowest BCUT2D eigenvalue weighted by Gasteiger charge is -2.36. The van der Waals surface area contributed by atoms with Crippen LogP contribution in [0.25, 0.3) is 0 Å². The first-order valence-electron chi connectivity index (χ1n) is 8.73. The summed E-state index contributed by atoms with van der Waals surface area (Å²) in [6.45, 7) is 0.499. The maximum Gasteiger partial charge on any atom is 0.397 e. The largest absolute Gasteiger partial charge is 1.00 e. The van der Waals surface area contributed by atoms with E-state index >= 15 is 0 Å². The van der Waals surface area contributed by atoms with Crippen molar-refractivity contribution in [1.82, 2.24) is 4.98 Å². The minimum Gasteiger partial charge on any atom is -1.00 e. The summed E-state index contributed by atoms with van der Waals surface area (Å²) in [5.74, 6) is 1.66. The maximum atomic E-state index is 11.7. The van der Waals surface area contributed by atoms with Crippen molar-refractivity contribution in [2.45, 2.75) is 50.4 Å². The third-order valence-corrected chi connectivity index (χ3v) is 5.30. The van der Waals surface area contributed by atoms with Gasteiger partial charge >= 0.3 is 5.95 Å². The van der Waals surface area contributed by atoms with E-state index < -0.39 is 5.72 Å². The van der Waals surface area contributed by atoms with Crippen LogP contribution >= 0.6 is 0 Å². The van der Waals surface area contributed by atoms with E-state index in [1.54, 1.807) is 13.3 Å². The molecule has 1 aromatic heterocycles. The molecule has 25 heavy (non-hydrogen) atoms. The average molecular weight is 406 g/mol. The first kappa shape index (κ1) is 18.1. The highest BCUT2D eigenvalue weighted by atomic mass is 79.9. The van der Waals surface area contributed by atoms with Crippen molar-refractivity contribution >= 4 is 5.95 Å². The number of aromatic nitrogens is 2. The van der Waals surface area contributed by atoms with Crippen LogP contribution in [0.15, 0.2) is 42.7 Å². The minimum atomic E-state index is -1.06. The van der Waals surface area contributed by atoms with Gasteiger partial charge in [0.1, 0.15) is 18.5 Å². The molecular weight excluding hydrogens is 382 g/mol. The van der Waals surface area contributed by atoms with Gasteiger partial charge in [0.25, 0.3) is 0 Å². The summed E-state index contributed by atoms with van der Waals surface area (Å²) in [5, 5.41) is 11.7. The third kappa shape index (κ3) is 3.13. The van der Waals surface area contributed by atoms with Crippen LogP contribution in [0.1, 0.15) is 37.7 Å². The Morgan fingerprint density at radius 2 is 1.92 bits per heavy atom. The van der Waals surface area contributed by atoms with Crippen molar-refractivity contribution in [1.29, 1.82) is 0 Å². The van der Waals surface area contributed by atoms with Gasteiger partial charge in [-0.25, -0.2) is 9.47 Å². The maximum absolute atomic E-state index is 11.7. The highest BCUT2D eigenvalue weighted by molar-refractivity contribution is 5.41. The highest BCUT2D eigenvalue weighted by Gasteiger charge is 2.54. The molecule has 0 saturated heterocycles. The van der Waals surface area contributed by atoms with Gasteiger partial charge in [0.15, 0.2) is 0 Å². The molecule has 1 saturated carbocycles. The summed E-state index contributed by atoms with van der Waals surface area (Å²) < 4.78 is 7.31. The fourth-order valence-electron chi connectivity index (χ4n) is 4.09. The zero-order valence-corrected chi connectivity index (χ0v) is 16.0. The van der Waals surface area contributed by atoms with E-state index in [0.717, 1.165) is 30.1 Å². The molecule has 2 heterocycles. The van der Waals surface area contributed by atoms with E-state index in [0.29, 0.717) is 12.6 Å². The summed E-state index contributed by atoms with van der Waals surface area (Å²) in [6, 6.07) is 9.99. The first-order valence-corrected chi connectivity index (χ1v) is 8.73. The zero-order chi connectivity index (χ0) is 16.6. The van der Waals surface area contributed by atoms with Gasteiger partial charge in [0.05, 0.1) is 19.3 Å². The van der Waals surface area contributed by atoms with Crippen LogP contribution < -0.4 is 31.2 Å². The molecule has 1 unspecified atom stereocenters. The number of ether oxygens (including phenoxy) is 1. The Balaban J connectivity index is 0.00000182.